The lowest BCUT2D eigenvalue weighted by Crippen LogP contribution is -2.48. The van der Waals surface area contributed by atoms with Crippen molar-refractivity contribution in [3.8, 4) is 11.1 Å². The highest BCUT2D eigenvalue weighted by atomic mass is 16.4. The van der Waals surface area contributed by atoms with Crippen LogP contribution in [0.25, 0.3) is 11.1 Å². The van der Waals surface area contributed by atoms with Crippen molar-refractivity contribution in [1.82, 2.24) is 15.6 Å². The summed E-state index contributed by atoms with van der Waals surface area (Å²) in [5.74, 6) is -0.866. The van der Waals surface area contributed by atoms with Crippen molar-refractivity contribution in [3.05, 3.63) is 84.6 Å². The number of aromatic nitrogens is 1. The van der Waals surface area contributed by atoms with Gasteiger partial charge in [0, 0.05) is 19.2 Å². The molecule has 0 aliphatic rings. The molecule has 0 spiro atoms. The van der Waals surface area contributed by atoms with Crippen LogP contribution in [0.3, 0.4) is 0 Å². The highest BCUT2D eigenvalue weighted by molar-refractivity contribution is 5.88. The number of carbonyl (C=O) groups excluding carboxylic acids is 2. The van der Waals surface area contributed by atoms with Gasteiger partial charge in [-0.2, -0.15) is 0 Å². The lowest BCUT2D eigenvalue weighted by Gasteiger charge is -2.23. The van der Waals surface area contributed by atoms with Gasteiger partial charge in [0.1, 0.15) is 11.9 Å². The molecule has 200 valence electrons. The third-order valence-corrected chi connectivity index (χ3v) is 6.17. The van der Waals surface area contributed by atoms with Gasteiger partial charge in [-0.3, -0.25) is 14.4 Å². The Kier molecular flexibility index (Phi) is 11.3. The van der Waals surface area contributed by atoms with Gasteiger partial charge in [-0.15, -0.1) is 0 Å². The maximum Gasteiger partial charge on any atom is 0.305 e. The van der Waals surface area contributed by atoms with Crippen LogP contribution in [0.4, 0.5) is 5.82 Å². The SMILES string of the molecule is CCCC[C@H](NC(=O)CCCNc1ccccn1)C(=O)NC(CC(=O)O)c1ccc(-c2ccccc2)cc1. The van der Waals surface area contributed by atoms with E-state index in [0.29, 0.717) is 24.9 Å². The number of aliphatic carboxylic acids is 1. The Morgan fingerprint density at radius 2 is 1.58 bits per heavy atom. The summed E-state index contributed by atoms with van der Waals surface area (Å²) in [4.78, 5) is 41.6. The van der Waals surface area contributed by atoms with E-state index in [-0.39, 0.29) is 24.7 Å². The first kappa shape index (κ1) is 28.4. The van der Waals surface area contributed by atoms with Crippen molar-refractivity contribution in [2.45, 2.75) is 57.5 Å². The minimum atomic E-state index is -1.02. The molecule has 38 heavy (non-hydrogen) atoms. The third kappa shape index (κ3) is 9.35. The highest BCUT2D eigenvalue weighted by Gasteiger charge is 2.25. The Hall–Kier alpha value is -4.20. The summed E-state index contributed by atoms with van der Waals surface area (Å²) in [7, 11) is 0. The number of pyridine rings is 1. The Morgan fingerprint density at radius 3 is 2.24 bits per heavy atom. The van der Waals surface area contributed by atoms with E-state index >= 15 is 0 Å². The molecule has 0 saturated heterocycles. The number of nitrogens with zero attached hydrogens (tertiary/aromatic N) is 1. The molecular weight excluding hydrogens is 480 g/mol. The zero-order valence-corrected chi connectivity index (χ0v) is 21.7. The summed E-state index contributed by atoms with van der Waals surface area (Å²) in [5, 5.41) is 18.4. The highest BCUT2D eigenvalue weighted by Crippen LogP contribution is 2.24. The van der Waals surface area contributed by atoms with Crippen molar-refractivity contribution >= 4 is 23.6 Å². The largest absolute Gasteiger partial charge is 0.481 e. The van der Waals surface area contributed by atoms with Crippen LogP contribution in [0.1, 0.15) is 57.1 Å². The van der Waals surface area contributed by atoms with Crippen LogP contribution in [-0.4, -0.2) is 40.5 Å². The molecule has 0 fully saturated rings. The minimum absolute atomic E-state index is 0.217. The standard InChI is InChI=1S/C30H36N4O4/c1-2-3-12-25(33-28(35)14-9-20-32-27-13-7-8-19-31-27)30(38)34-26(21-29(36)37)24-17-15-23(16-18-24)22-10-5-4-6-11-22/h4-8,10-11,13,15-19,25-26H,2-3,9,12,14,20-21H2,1H3,(H,31,32)(H,33,35)(H,34,38)(H,36,37)/t25-,26?/m0/s1. The molecule has 8 nitrogen and oxygen atoms in total. The smallest absolute Gasteiger partial charge is 0.305 e. The second-order valence-corrected chi connectivity index (χ2v) is 9.15. The maximum absolute atomic E-state index is 13.2. The second kappa shape index (κ2) is 15.1. The van der Waals surface area contributed by atoms with Gasteiger partial charge in [-0.05, 0) is 41.7 Å². The molecule has 4 N–H and O–H groups in total. The summed E-state index contributed by atoms with van der Waals surface area (Å²) >= 11 is 0. The predicted octanol–water partition coefficient (Wildman–Crippen LogP) is 4.95. The van der Waals surface area contributed by atoms with E-state index in [4.69, 9.17) is 0 Å². The van der Waals surface area contributed by atoms with E-state index < -0.39 is 18.1 Å². The molecule has 0 radical (unpaired) electrons. The molecule has 1 aromatic heterocycles. The van der Waals surface area contributed by atoms with Gasteiger partial charge >= 0.3 is 5.97 Å². The number of benzene rings is 2. The van der Waals surface area contributed by atoms with Gasteiger partial charge in [0.05, 0.1) is 12.5 Å². The molecule has 0 saturated carbocycles. The molecule has 8 heteroatoms. The Labute approximate surface area is 223 Å². The molecule has 3 rings (SSSR count). The van der Waals surface area contributed by atoms with Crippen molar-refractivity contribution in [2.75, 3.05) is 11.9 Å². The summed E-state index contributed by atoms with van der Waals surface area (Å²) in [6, 6.07) is 21.5. The van der Waals surface area contributed by atoms with E-state index in [1.807, 2.05) is 79.7 Å². The Balaban J connectivity index is 1.60. The number of carboxylic acid groups (broad SMARTS) is 1. The molecule has 2 amide bonds. The molecule has 2 aromatic carbocycles. The number of carboxylic acids is 1. The van der Waals surface area contributed by atoms with E-state index in [1.165, 1.54) is 0 Å². The summed E-state index contributed by atoms with van der Waals surface area (Å²) < 4.78 is 0. The first-order chi connectivity index (χ1) is 18.5. The zero-order valence-electron chi connectivity index (χ0n) is 21.7. The summed E-state index contributed by atoms with van der Waals surface area (Å²) in [5.41, 5.74) is 2.75. The first-order valence-corrected chi connectivity index (χ1v) is 13.1. The Bertz CT molecular complexity index is 1150. The van der Waals surface area contributed by atoms with Crippen LogP contribution in [0.2, 0.25) is 0 Å². The van der Waals surface area contributed by atoms with Crippen LogP contribution in [0, 0.1) is 0 Å². The van der Waals surface area contributed by atoms with Crippen molar-refractivity contribution < 1.29 is 19.5 Å². The third-order valence-electron chi connectivity index (χ3n) is 6.17. The van der Waals surface area contributed by atoms with E-state index in [1.54, 1.807) is 6.20 Å². The lowest BCUT2D eigenvalue weighted by molar-refractivity contribution is -0.138. The predicted molar refractivity (Wildman–Crippen MR) is 148 cm³/mol. The van der Waals surface area contributed by atoms with Crippen LogP contribution in [0.15, 0.2) is 79.0 Å². The molecule has 0 bridgehead atoms. The fraction of sp³-hybridized carbons (Fsp3) is 0.333. The van der Waals surface area contributed by atoms with E-state index in [9.17, 15) is 19.5 Å². The van der Waals surface area contributed by atoms with Crippen LogP contribution >= 0.6 is 0 Å². The first-order valence-electron chi connectivity index (χ1n) is 13.1. The molecular formula is C30H36N4O4. The monoisotopic (exact) mass is 516 g/mol. The van der Waals surface area contributed by atoms with Gasteiger partial charge in [-0.1, -0.05) is 80.4 Å². The fourth-order valence-electron chi connectivity index (χ4n) is 4.11. The van der Waals surface area contributed by atoms with Gasteiger partial charge < -0.3 is 21.1 Å². The molecule has 3 aromatic rings. The maximum atomic E-state index is 13.2. The quantitative estimate of drug-likeness (QED) is 0.212. The summed E-state index contributed by atoms with van der Waals surface area (Å²) in [6.45, 7) is 2.59. The molecule has 0 aliphatic heterocycles. The molecule has 0 aliphatic carbocycles. The van der Waals surface area contributed by atoms with Crippen LogP contribution in [-0.2, 0) is 14.4 Å². The number of hydrogen-bond donors (Lipinski definition) is 4. The van der Waals surface area contributed by atoms with Gasteiger partial charge in [0.2, 0.25) is 11.8 Å². The number of rotatable bonds is 15. The average Bonchev–Trinajstić information content (AvgIpc) is 2.94. The normalized spacial score (nSPS) is 12.2. The van der Waals surface area contributed by atoms with Crippen LogP contribution in [0.5, 0.6) is 0 Å². The molecule has 2 atom stereocenters. The number of anilines is 1. The van der Waals surface area contributed by atoms with Gasteiger partial charge in [0.15, 0.2) is 0 Å². The molecule has 1 heterocycles. The number of nitrogens with one attached hydrogen (secondary N) is 3. The topological polar surface area (TPSA) is 120 Å². The van der Waals surface area contributed by atoms with Gasteiger partial charge in [-0.25, -0.2) is 4.98 Å². The average molecular weight is 517 g/mol. The molecule has 1 unspecified atom stereocenters. The second-order valence-electron chi connectivity index (χ2n) is 9.15. The van der Waals surface area contributed by atoms with Gasteiger partial charge in [0.25, 0.3) is 0 Å². The van der Waals surface area contributed by atoms with Crippen LogP contribution < -0.4 is 16.0 Å². The minimum Gasteiger partial charge on any atom is -0.481 e. The van der Waals surface area contributed by atoms with E-state index in [2.05, 4.69) is 20.9 Å². The van der Waals surface area contributed by atoms with Crippen molar-refractivity contribution in [1.29, 1.82) is 0 Å². The number of amides is 2. The lowest BCUT2D eigenvalue weighted by atomic mass is 9.98. The number of unbranched alkanes of at least 4 members (excludes halogenated alkanes) is 1. The number of carbonyl (C=O) groups is 3. The van der Waals surface area contributed by atoms with E-state index in [0.717, 1.165) is 29.8 Å². The van der Waals surface area contributed by atoms with Crippen molar-refractivity contribution in [2.24, 2.45) is 0 Å². The fourth-order valence-corrected chi connectivity index (χ4v) is 4.11. The summed E-state index contributed by atoms with van der Waals surface area (Å²) in [6.07, 6.45) is 4.38. The van der Waals surface area contributed by atoms with Crippen molar-refractivity contribution in [3.63, 3.8) is 0 Å². The zero-order chi connectivity index (χ0) is 27.2. The number of hydrogen-bond acceptors (Lipinski definition) is 5. The Morgan fingerprint density at radius 1 is 0.868 bits per heavy atom.